The lowest BCUT2D eigenvalue weighted by Gasteiger charge is -2.41. The summed E-state index contributed by atoms with van der Waals surface area (Å²) in [6, 6.07) is 0.581. The van der Waals surface area contributed by atoms with Gasteiger partial charge in [0.05, 0.1) is 0 Å². The minimum atomic E-state index is 0.581. The average Bonchev–Trinajstić information content (AvgIpc) is 2.39. The van der Waals surface area contributed by atoms with E-state index >= 15 is 0 Å². The summed E-state index contributed by atoms with van der Waals surface area (Å²) in [6.45, 7) is 2.27. The molecule has 100 valence electrons. The van der Waals surface area contributed by atoms with Gasteiger partial charge in [-0.1, -0.05) is 45.4 Å². The maximum atomic E-state index is 5.76. The number of rotatable bonds is 5. The van der Waals surface area contributed by atoms with Crippen molar-refractivity contribution in [3.8, 4) is 0 Å². The summed E-state index contributed by atoms with van der Waals surface area (Å²) in [5, 5.41) is 0. The van der Waals surface area contributed by atoms with E-state index in [1.807, 2.05) is 0 Å². The number of hydrazine groups is 1. The lowest BCUT2D eigenvalue weighted by atomic mass is 9.66. The first-order chi connectivity index (χ1) is 8.35. The highest BCUT2D eigenvalue weighted by molar-refractivity contribution is 4.87. The highest BCUT2D eigenvalue weighted by Gasteiger charge is 2.34. The van der Waals surface area contributed by atoms with Crippen LogP contribution in [0.4, 0.5) is 0 Å². The van der Waals surface area contributed by atoms with E-state index in [2.05, 4.69) is 12.3 Å². The van der Waals surface area contributed by atoms with Crippen molar-refractivity contribution in [2.75, 3.05) is 0 Å². The highest BCUT2D eigenvalue weighted by Crippen LogP contribution is 2.43. The molecule has 2 aliphatic carbocycles. The zero-order valence-electron chi connectivity index (χ0n) is 11.5. The Hall–Kier alpha value is -0.0800. The second-order valence-corrected chi connectivity index (χ2v) is 6.29. The number of unbranched alkanes of at least 4 members (excludes halogenated alkanes) is 1. The second kappa shape index (κ2) is 6.75. The molecule has 0 aromatic rings. The molecule has 0 bridgehead atoms. The fourth-order valence-electron chi connectivity index (χ4n) is 4.15. The first-order valence-electron chi connectivity index (χ1n) is 7.81. The first-order valence-corrected chi connectivity index (χ1v) is 7.81. The largest absolute Gasteiger partial charge is 0.271 e. The zero-order chi connectivity index (χ0) is 12.1. The summed E-state index contributed by atoms with van der Waals surface area (Å²) < 4.78 is 0. The topological polar surface area (TPSA) is 38.0 Å². The van der Waals surface area contributed by atoms with Gasteiger partial charge in [0, 0.05) is 6.04 Å². The normalized spacial score (nSPS) is 35.3. The standard InChI is InChI=1S/C15H30N2/c1-2-3-8-15(17-16)14-10-9-12-6-4-5-7-13(12)11-14/h12-15,17H,2-11,16H2,1H3. The van der Waals surface area contributed by atoms with Crippen LogP contribution in [0.2, 0.25) is 0 Å². The maximum absolute atomic E-state index is 5.76. The van der Waals surface area contributed by atoms with E-state index in [0.29, 0.717) is 6.04 Å². The average molecular weight is 238 g/mol. The summed E-state index contributed by atoms with van der Waals surface area (Å²) in [6.07, 6.45) is 14.2. The van der Waals surface area contributed by atoms with E-state index in [1.54, 1.807) is 0 Å². The van der Waals surface area contributed by atoms with Gasteiger partial charge in [-0.2, -0.15) is 0 Å². The molecule has 4 atom stereocenters. The van der Waals surface area contributed by atoms with E-state index in [4.69, 9.17) is 5.84 Å². The monoisotopic (exact) mass is 238 g/mol. The van der Waals surface area contributed by atoms with Crippen LogP contribution in [0.1, 0.15) is 71.1 Å². The molecule has 2 fully saturated rings. The van der Waals surface area contributed by atoms with Crippen LogP contribution in [-0.2, 0) is 0 Å². The molecular weight excluding hydrogens is 208 g/mol. The van der Waals surface area contributed by atoms with Gasteiger partial charge in [-0.15, -0.1) is 0 Å². The van der Waals surface area contributed by atoms with Crippen LogP contribution in [0.25, 0.3) is 0 Å². The fourth-order valence-corrected chi connectivity index (χ4v) is 4.15. The van der Waals surface area contributed by atoms with Crippen LogP contribution in [0, 0.1) is 17.8 Å². The summed E-state index contributed by atoms with van der Waals surface area (Å²) in [7, 11) is 0. The van der Waals surface area contributed by atoms with Crippen LogP contribution in [-0.4, -0.2) is 6.04 Å². The smallest absolute Gasteiger partial charge is 0.0238 e. The summed E-state index contributed by atoms with van der Waals surface area (Å²) >= 11 is 0. The van der Waals surface area contributed by atoms with E-state index in [-0.39, 0.29) is 0 Å². The quantitative estimate of drug-likeness (QED) is 0.567. The van der Waals surface area contributed by atoms with E-state index in [1.165, 1.54) is 64.2 Å². The molecule has 0 aromatic heterocycles. The molecule has 0 amide bonds. The molecule has 2 aliphatic rings. The molecule has 0 saturated heterocycles. The Morgan fingerprint density at radius 1 is 1.12 bits per heavy atom. The van der Waals surface area contributed by atoms with Gasteiger partial charge in [0.2, 0.25) is 0 Å². The molecule has 4 unspecified atom stereocenters. The lowest BCUT2D eigenvalue weighted by Crippen LogP contribution is -2.44. The Balaban J connectivity index is 1.84. The summed E-state index contributed by atoms with van der Waals surface area (Å²) in [5.74, 6) is 8.70. The van der Waals surface area contributed by atoms with Gasteiger partial charge >= 0.3 is 0 Å². The third kappa shape index (κ3) is 3.45. The molecule has 2 nitrogen and oxygen atoms in total. The molecule has 0 radical (unpaired) electrons. The van der Waals surface area contributed by atoms with Crippen molar-refractivity contribution in [3.05, 3.63) is 0 Å². The van der Waals surface area contributed by atoms with Crippen LogP contribution in [0.3, 0.4) is 0 Å². The van der Waals surface area contributed by atoms with E-state index in [9.17, 15) is 0 Å². The van der Waals surface area contributed by atoms with Crippen molar-refractivity contribution in [1.29, 1.82) is 0 Å². The van der Waals surface area contributed by atoms with E-state index < -0.39 is 0 Å². The summed E-state index contributed by atoms with van der Waals surface area (Å²) in [4.78, 5) is 0. The van der Waals surface area contributed by atoms with Crippen LogP contribution in [0.15, 0.2) is 0 Å². The third-order valence-electron chi connectivity index (χ3n) is 5.23. The van der Waals surface area contributed by atoms with Crippen molar-refractivity contribution in [2.24, 2.45) is 23.6 Å². The minimum absolute atomic E-state index is 0.581. The Labute approximate surface area is 107 Å². The summed E-state index contributed by atoms with van der Waals surface area (Å²) in [5.41, 5.74) is 3.10. The molecule has 0 aliphatic heterocycles. The molecule has 2 heteroatoms. The van der Waals surface area contributed by atoms with Crippen LogP contribution in [0.5, 0.6) is 0 Å². The van der Waals surface area contributed by atoms with Crippen LogP contribution < -0.4 is 11.3 Å². The van der Waals surface area contributed by atoms with Gasteiger partial charge < -0.3 is 0 Å². The number of hydrogen-bond acceptors (Lipinski definition) is 2. The lowest BCUT2D eigenvalue weighted by molar-refractivity contribution is 0.106. The van der Waals surface area contributed by atoms with Gasteiger partial charge in [0.1, 0.15) is 0 Å². The van der Waals surface area contributed by atoms with E-state index in [0.717, 1.165) is 17.8 Å². The second-order valence-electron chi connectivity index (χ2n) is 6.29. The van der Waals surface area contributed by atoms with Gasteiger partial charge in [0.25, 0.3) is 0 Å². The maximum Gasteiger partial charge on any atom is 0.0238 e. The van der Waals surface area contributed by atoms with Crippen molar-refractivity contribution >= 4 is 0 Å². The SMILES string of the molecule is CCCCC(NN)C1CCC2CCCCC2C1. The predicted molar refractivity (Wildman–Crippen MR) is 73.4 cm³/mol. The number of nitrogens with one attached hydrogen (secondary N) is 1. The van der Waals surface area contributed by atoms with Crippen molar-refractivity contribution in [3.63, 3.8) is 0 Å². The Bertz CT molecular complexity index is 217. The Kier molecular flexibility index (Phi) is 5.30. The molecule has 0 spiro atoms. The third-order valence-corrected chi connectivity index (χ3v) is 5.23. The van der Waals surface area contributed by atoms with Crippen molar-refractivity contribution < 1.29 is 0 Å². The Morgan fingerprint density at radius 3 is 2.59 bits per heavy atom. The molecule has 2 rings (SSSR count). The molecular formula is C15H30N2. The van der Waals surface area contributed by atoms with Crippen LogP contribution >= 0.6 is 0 Å². The number of fused-ring (bicyclic) bond motifs is 1. The number of nitrogens with two attached hydrogens (primary N) is 1. The van der Waals surface area contributed by atoms with Crippen molar-refractivity contribution in [2.45, 2.75) is 77.2 Å². The molecule has 0 heterocycles. The zero-order valence-corrected chi connectivity index (χ0v) is 11.5. The van der Waals surface area contributed by atoms with Crippen molar-refractivity contribution in [1.82, 2.24) is 5.43 Å². The first kappa shape index (κ1) is 13.4. The number of hydrogen-bond donors (Lipinski definition) is 2. The van der Waals surface area contributed by atoms with Gasteiger partial charge in [0.15, 0.2) is 0 Å². The molecule has 17 heavy (non-hydrogen) atoms. The minimum Gasteiger partial charge on any atom is -0.271 e. The highest BCUT2D eigenvalue weighted by atomic mass is 15.2. The molecule has 3 N–H and O–H groups in total. The molecule has 2 saturated carbocycles. The van der Waals surface area contributed by atoms with Gasteiger partial charge in [-0.25, -0.2) is 0 Å². The van der Waals surface area contributed by atoms with Gasteiger partial charge in [-0.3, -0.25) is 11.3 Å². The predicted octanol–water partition coefficient (Wildman–Crippen LogP) is 3.62. The molecule has 0 aromatic carbocycles. The van der Waals surface area contributed by atoms with Gasteiger partial charge in [-0.05, 0) is 43.4 Å². The fraction of sp³-hybridized carbons (Fsp3) is 1.00. The Morgan fingerprint density at radius 2 is 1.88 bits per heavy atom.